The van der Waals surface area contributed by atoms with Gasteiger partial charge in [-0.05, 0) is 18.8 Å². The van der Waals surface area contributed by atoms with E-state index in [0.29, 0.717) is 12.1 Å². The Labute approximate surface area is 122 Å². The average molecular weight is 306 g/mol. The average Bonchev–Trinajstić information content (AvgIpc) is 2.96. The van der Waals surface area contributed by atoms with E-state index in [4.69, 9.17) is 0 Å². The van der Waals surface area contributed by atoms with Crippen LogP contribution in [0.2, 0.25) is 0 Å². The van der Waals surface area contributed by atoms with E-state index in [9.17, 15) is 20.2 Å². The fourth-order valence-electron chi connectivity index (χ4n) is 4.00. The summed E-state index contributed by atoms with van der Waals surface area (Å²) in [6, 6.07) is 0. The highest BCUT2D eigenvalue weighted by atomic mass is 32.1. The molecular weight excluding hydrogens is 296 g/mol. The minimum Gasteiger partial charge on any atom is -0.264 e. The Hall–Kier alpha value is -2.16. The van der Waals surface area contributed by atoms with Gasteiger partial charge in [0.05, 0.1) is 40.3 Å². The quantitative estimate of drug-likeness (QED) is 0.468. The van der Waals surface area contributed by atoms with Gasteiger partial charge in [0.1, 0.15) is 0 Å². The van der Waals surface area contributed by atoms with Crippen molar-refractivity contribution in [3.63, 3.8) is 0 Å². The molecule has 0 N–H and O–H groups in total. The van der Waals surface area contributed by atoms with Crippen LogP contribution in [0.25, 0.3) is 5.70 Å². The second-order valence-corrected chi connectivity index (χ2v) is 6.17. The number of hydrogen-bond donors (Lipinski definition) is 0. The second-order valence-electron chi connectivity index (χ2n) is 5.64. The molecule has 4 aliphatic carbocycles. The highest BCUT2D eigenvalue weighted by Gasteiger charge is 2.66. The van der Waals surface area contributed by atoms with Gasteiger partial charge in [0.2, 0.25) is 0 Å². The standard InChI is InChI=1S/C12H10N4O4S/c17-15(18)8-5-12(16(19)20)7-3-1-6(2-4-7)9(12)11-10(8)13-21-14-11/h1,3,5-7,9H,2,4H2/t6-,7+,9-,12+/m1/s1. The van der Waals surface area contributed by atoms with E-state index < -0.39 is 16.4 Å². The number of fused-ring (bicyclic) bond motifs is 2. The van der Waals surface area contributed by atoms with Gasteiger partial charge in [-0.1, -0.05) is 12.2 Å². The molecule has 0 aliphatic heterocycles. The van der Waals surface area contributed by atoms with E-state index in [1.165, 1.54) is 6.08 Å². The van der Waals surface area contributed by atoms with Crippen LogP contribution in [-0.2, 0) is 0 Å². The van der Waals surface area contributed by atoms with Crippen molar-refractivity contribution in [2.24, 2.45) is 11.8 Å². The highest BCUT2D eigenvalue weighted by molar-refractivity contribution is 6.99. The number of nitro groups is 2. The van der Waals surface area contributed by atoms with Crippen LogP contribution in [-0.4, -0.2) is 24.1 Å². The van der Waals surface area contributed by atoms with Crippen molar-refractivity contribution in [2.75, 3.05) is 0 Å². The molecule has 0 saturated heterocycles. The van der Waals surface area contributed by atoms with E-state index in [1.54, 1.807) is 0 Å². The van der Waals surface area contributed by atoms with Crippen molar-refractivity contribution in [1.82, 2.24) is 8.75 Å². The Morgan fingerprint density at radius 2 is 2.05 bits per heavy atom. The number of allylic oxidation sites excluding steroid dienone is 1. The first kappa shape index (κ1) is 12.6. The third kappa shape index (κ3) is 1.39. The lowest BCUT2D eigenvalue weighted by atomic mass is 9.55. The molecule has 1 heterocycles. The second kappa shape index (κ2) is 3.94. The third-order valence-electron chi connectivity index (χ3n) is 4.85. The molecule has 0 spiro atoms. The summed E-state index contributed by atoms with van der Waals surface area (Å²) in [6.07, 6.45) is 6.58. The van der Waals surface area contributed by atoms with Crippen LogP contribution >= 0.6 is 11.7 Å². The minimum atomic E-state index is -1.46. The smallest absolute Gasteiger partial charge is 0.264 e. The Morgan fingerprint density at radius 1 is 1.24 bits per heavy atom. The Balaban J connectivity index is 2.04. The van der Waals surface area contributed by atoms with Gasteiger partial charge in [-0.2, -0.15) is 8.75 Å². The van der Waals surface area contributed by atoms with Gasteiger partial charge in [-0.25, -0.2) is 0 Å². The molecule has 0 aromatic carbocycles. The SMILES string of the molecule is O=[N+]([O-])C1=C[C@]2([N+](=O)[O-])[C@H]3C=C[C@H](CC3)[C@@H]2c2nsnc21. The topological polar surface area (TPSA) is 112 Å². The molecule has 1 fully saturated rings. The summed E-state index contributed by atoms with van der Waals surface area (Å²) in [5.74, 6) is -0.784. The van der Waals surface area contributed by atoms with Crippen LogP contribution < -0.4 is 0 Å². The zero-order valence-corrected chi connectivity index (χ0v) is 11.5. The van der Waals surface area contributed by atoms with Gasteiger partial charge < -0.3 is 0 Å². The Morgan fingerprint density at radius 3 is 2.67 bits per heavy atom. The molecule has 2 bridgehead atoms. The van der Waals surface area contributed by atoms with Crippen LogP contribution in [0.3, 0.4) is 0 Å². The van der Waals surface area contributed by atoms with Gasteiger partial charge in [-0.3, -0.25) is 20.2 Å². The normalized spacial score (nSPS) is 35.8. The van der Waals surface area contributed by atoms with E-state index in [2.05, 4.69) is 8.75 Å². The summed E-state index contributed by atoms with van der Waals surface area (Å²) in [5, 5.41) is 23.2. The molecule has 5 rings (SSSR count). The van der Waals surface area contributed by atoms with Gasteiger partial charge in [-0.15, -0.1) is 0 Å². The fraction of sp³-hybridized carbons (Fsp3) is 0.500. The molecule has 8 nitrogen and oxygen atoms in total. The van der Waals surface area contributed by atoms with Gasteiger partial charge in [0, 0.05) is 4.92 Å². The number of aromatic nitrogens is 2. The van der Waals surface area contributed by atoms with Crippen molar-refractivity contribution in [2.45, 2.75) is 24.3 Å². The molecule has 1 aromatic rings. The van der Waals surface area contributed by atoms with Gasteiger partial charge in [0.25, 0.3) is 5.54 Å². The molecule has 1 aromatic heterocycles. The van der Waals surface area contributed by atoms with Crippen molar-refractivity contribution in [1.29, 1.82) is 0 Å². The first-order valence-corrected chi connectivity index (χ1v) is 7.31. The number of nitrogens with zero attached hydrogens (tertiary/aromatic N) is 4. The lowest BCUT2D eigenvalue weighted by Crippen LogP contribution is -2.57. The maximum Gasteiger partial charge on any atom is 0.301 e. The van der Waals surface area contributed by atoms with Crippen LogP contribution in [0, 0.1) is 32.1 Å². The largest absolute Gasteiger partial charge is 0.301 e. The van der Waals surface area contributed by atoms with E-state index >= 15 is 0 Å². The number of hydrogen-bond acceptors (Lipinski definition) is 7. The van der Waals surface area contributed by atoms with Crippen LogP contribution in [0.1, 0.15) is 30.1 Å². The fourth-order valence-corrected chi connectivity index (χ4v) is 4.60. The van der Waals surface area contributed by atoms with E-state index in [1.807, 2.05) is 12.2 Å². The van der Waals surface area contributed by atoms with Crippen molar-refractivity contribution in [3.05, 3.63) is 49.8 Å². The lowest BCUT2D eigenvalue weighted by Gasteiger charge is -2.46. The molecule has 0 amide bonds. The molecule has 0 unspecified atom stereocenters. The highest BCUT2D eigenvalue weighted by Crippen LogP contribution is 2.57. The molecule has 4 aliphatic rings. The molecule has 9 heteroatoms. The summed E-state index contributed by atoms with van der Waals surface area (Å²) >= 11 is 0.878. The molecule has 21 heavy (non-hydrogen) atoms. The predicted molar refractivity (Wildman–Crippen MR) is 72.7 cm³/mol. The number of rotatable bonds is 2. The first-order valence-electron chi connectivity index (χ1n) is 6.58. The van der Waals surface area contributed by atoms with E-state index in [-0.39, 0.29) is 28.2 Å². The van der Waals surface area contributed by atoms with E-state index in [0.717, 1.165) is 18.1 Å². The van der Waals surface area contributed by atoms with Crippen LogP contribution in [0.4, 0.5) is 0 Å². The van der Waals surface area contributed by atoms with Gasteiger partial charge in [0.15, 0.2) is 5.69 Å². The van der Waals surface area contributed by atoms with Crippen LogP contribution in [0.5, 0.6) is 0 Å². The summed E-state index contributed by atoms with van der Waals surface area (Å²) in [7, 11) is 0. The van der Waals surface area contributed by atoms with Gasteiger partial charge >= 0.3 is 5.70 Å². The zero-order valence-electron chi connectivity index (χ0n) is 10.7. The predicted octanol–water partition coefficient (Wildman–Crippen LogP) is 1.86. The maximum atomic E-state index is 11.9. The summed E-state index contributed by atoms with van der Waals surface area (Å²) in [5.41, 5.74) is -1.12. The van der Waals surface area contributed by atoms with Crippen LogP contribution in [0.15, 0.2) is 18.2 Å². The zero-order chi connectivity index (χ0) is 14.8. The molecular formula is C12H10N4O4S. The van der Waals surface area contributed by atoms with Crippen molar-refractivity contribution < 1.29 is 9.85 Å². The molecule has 1 saturated carbocycles. The Kier molecular flexibility index (Phi) is 2.36. The third-order valence-corrected chi connectivity index (χ3v) is 5.40. The van der Waals surface area contributed by atoms with Crippen molar-refractivity contribution in [3.8, 4) is 0 Å². The summed E-state index contributed by atoms with van der Waals surface area (Å²) in [6.45, 7) is 0. The monoisotopic (exact) mass is 306 g/mol. The molecule has 4 atom stereocenters. The summed E-state index contributed by atoms with van der Waals surface area (Å²) < 4.78 is 8.17. The maximum absolute atomic E-state index is 11.9. The Bertz CT molecular complexity index is 727. The molecule has 108 valence electrons. The summed E-state index contributed by atoms with van der Waals surface area (Å²) in [4.78, 5) is 22.2. The lowest BCUT2D eigenvalue weighted by molar-refractivity contribution is -0.575. The minimum absolute atomic E-state index is 0.00685. The molecule has 0 radical (unpaired) electrons. The first-order chi connectivity index (χ1) is 10.1. The van der Waals surface area contributed by atoms with Crippen molar-refractivity contribution >= 4 is 17.4 Å².